The van der Waals surface area contributed by atoms with Gasteiger partial charge in [-0.05, 0) is 55.3 Å². The largest absolute Gasteiger partial charge is 0.435 e. The van der Waals surface area contributed by atoms with Crippen LogP contribution in [0.5, 0.6) is 5.75 Å². The van der Waals surface area contributed by atoms with Gasteiger partial charge in [0, 0.05) is 12.7 Å². The Bertz CT molecular complexity index is 1300. The maximum atomic E-state index is 12.5. The van der Waals surface area contributed by atoms with Crippen molar-refractivity contribution in [1.82, 2.24) is 25.1 Å². The molecule has 0 fully saturated rings. The lowest BCUT2D eigenvalue weighted by Crippen LogP contribution is -2.24. The number of carbonyl (C=O) groups excluding carboxylic acids is 1. The summed E-state index contributed by atoms with van der Waals surface area (Å²) in [6.45, 7) is 1.43. The molecule has 0 aliphatic heterocycles. The lowest BCUT2D eigenvalue weighted by Gasteiger charge is -2.13. The molecule has 0 saturated carbocycles. The molecule has 0 aliphatic carbocycles. The fraction of sp³-hybridized carbons (Fsp3) is 0.200. The normalized spacial score (nSPS) is 11.0. The number of carbonyl (C=O) groups is 1. The molecule has 0 spiro atoms. The molecule has 7 nitrogen and oxygen atoms in total. The molecule has 0 bridgehead atoms. The maximum Gasteiger partial charge on any atom is 0.387 e. The van der Waals surface area contributed by atoms with Crippen LogP contribution in [0.2, 0.25) is 0 Å². The molecule has 4 aromatic rings. The lowest BCUT2D eigenvalue weighted by atomic mass is 10.1. The van der Waals surface area contributed by atoms with Crippen molar-refractivity contribution < 1.29 is 18.3 Å². The minimum Gasteiger partial charge on any atom is -0.435 e. The third-order valence-electron chi connectivity index (χ3n) is 5.09. The minimum atomic E-state index is -2.87. The number of hydrogen-bond donors (Lipinski definition) is 1. The number of ether oxygens (including phenoxy) is 1. The average molecular weight is 496 g/mol. The summed E-state index contributed by atoms with van der Waals surface area (Å²) in [7, 11) is 0. The molecule has 4 rings (SSSR count). The van der Waals surface area contributed by atoms with Gasteiger partial charge in [-0.25, -0.2) is 0 Å². The van der Waals surface area contributed by atoms with Crippen LogP contribution in [-0.4, -0.2) is 38.0 Å². The first-order valence-corrected chi connectivity index (χ1v) is 11.8. The van der Waals surface area contributed by atoms with Gasteiger partial charge in [-0.1, -0.05) is 47.7 Å². The average Bonchev–Trinajstić information content (AvgIpc) is 3.26. The van der Waals surface area contributed by atoms with E-state index in [1.807, 2.05) is 48.7 Å². The van der Waals surface area contributed by atoms with Crippen LogP contribution in [0.1, 0.15) is 16.7 Å². The highest BCUT2D eigenvalue weighted by atomic mass is 32.2. The third-order valence-corrected chi connectivity index (χ3v) is 6.02. The number of thioether (sulfide) groups is 1. The number of aromatic nitrogens is 4. The zero-order chi connectivity index (χ0) is 24.8. The number of halogens is 2. The van der Waals surface area contributed by atoms with E-state index in [-0.39, 0.29) is 24.0 Å². The van der Waals surface area contributed by atoms with Gasteiger partial charge in [0.25, 0.3) is 0 Å². The van der Waals surface area contributed by atoms with E-state index in [0.717, 1.165) is 22.4 Å². The van der Waals surface area contributed by atoms with Gasteiger partial charge in [-0.2, -0.15) is 8.78 Å². The maximum absolute atomic E-state index is 12.5. The van der Waals surface area contributed by atoms with Gasteiger partial charge in [0.05, 0.1) is 11.4 Å². The molecule has 0 aliphatic rings. The zero-order valence-electron chi connectivity index (χ0n) is 19.1. The molecule has 2 heterocycles. The summed E-state index contributed by atoms with van der Waals surface area (Å²) in [6.07, 6.45) is 1.70. The summed E-state index contributed by atoms with van der Waals surface area (Å²) < 4.78 is 30.8. The van der Waals surface area contributed by atoms with Crippen molar-refractivity contribution in [2.45, 2.75) is 32.2 Å². The number of hydrogen-bond acceptors (Lipinski definition) is 6. The van der Waals surface area contributed by atoms with Crippen molar-refractivity contribution in [3.63, 3.8) is 0 Å². The number of aryl methyl sites for hydroxylation is 2. The van der Waals surface area contributed by atoms with E-state index in [1.54, 1.807) is 18.3 Å². The Hall–Kier alpha value is -3.79. The second kappa shape index (κ2) is 11.1. The van der Waals surface area contributed by atoms with Crippen LogP contribution < -0.4 is 10.1 Å². The third kappa shape index (κ3) is 6.21. The molecule has 180 valence electrons. The molecule has 0 unspecified atom stereocenters. The number of pyridine rings is 1. The summed E-state index contributed by atoms with van der Waals surface area (Å²) in [5.74, 6) is 0.585. The second-order valence-corrected chi connectivity index (χ2v) is 8.68. The molecular weight excluding hydrogens is 472 g/mol. The van der Waals surface area contributed by atoms with Gasteiger partial charge < -0.3 is 10.1 Å². The van der Waals surface area contributed by atoms with Crippen molar-refractivity contribution in [1.29, 1.82) is 0 Å². The molecule has 1 amide bonds. The first kappa shape index (κ1) is 24.3. The SMILES string of the molecule is Cc1ccc(-n2c(SCC(=O)NCc3ccc(OC(F)F)cc3)nnc2-c2ccccn2)c(C)c1. The smallest absolute Gasteiger partial charge is 0.387 e. The molecular formula is C25H23F2N5O2S. The van der Waals surface area contributed by atoms with E-state index >= 15 is 0 Å². The highest BCUT2D eigenvalue weighted by molar-refractivity contribution is 7.99. The fourth-order valence-electron chi connectivity index (χ4n) is 3.47. The number of rotatable bonds is 9. The predicted molar refractivity (Wildman–Crippen MR) is 130 cm³/mol. The monoisotopic (exact) mass is 495 g/mol. The number of amides is 1. The Kier molecular flexibility index (Phi) is 7.71. The molecule has 0 atom stereocenters. The number of benzene rings is 2. The summed E-state index contributed by atoms with van der Waals surface area (Å²) in [4.78, 5) is 16.9. The first-order chi connectivity index (χ1) is 16.9. The van der Waals surface area contributed by atoms with Gasteiger partial charge >= 0.3 is 6.61 Å². The fourth-order valence-corrected chi connectivity index (χ4v) is 4.24. The molecule has 1 N–H and O–H groups in total. The molecule has 2 aromatic heterocycles. The molecule has 35 heavy (non-hydrogen) atoms. The number of nitrogens with one attached hydrogen (secondary N) is 1. The zero-order valence-corrected chi connectivity index (χ0v) is 19.9. The van der Waals surface area contributed by atoms with Crippen LogP contribution in [0.3, 0.4) is 0 Å². The lowest BCUT2D eigenvalue weighted by molar-refractivity contribution is -0.118. The van der Waals surface area contributed by atoms with Crippen molar-refractivity contribution in [3.05, 3.63) is 83.6 Å². The number of nitrogens with zero attached hydrogens (tertiary/aromatic N) is 4. The second-order valence-electron chi connectivity index (χ2n) is 7.73. The van der Waals surface area contributed by atoms with Crippen molar-refractivity contribution in [3.8, 4) is 23.0 Å². The standard InChI is InChI=1S/C25H23F2N5O2S/c1-16-6-11-21(17(2)13-16)32-23(20-5-3-4-12-28-20)30-31-25(32)35-15-22(33)29-14-18-7-9-19(10-8-18)34-24(26)27/h3-13,24H,14-15H2,1-2H3,(H,29,33). The Morgan fingerprint density at radius 1 is 1.09 bits per heavy atom. The highest BCUT2D eigenvalue weighted by Crippen LogP contribution is 2.29. The highest BCUT2D eigenvalue weighted by Gasteiger charge is 2.19. The van der Waals surface area contributed by atoms with Crippen LogP contribution in [0, 0.1) is 13.8 Å². The number of alkyl halides is 2. The summed E-state index contributed by atoms with van der Waals surface area (Å²) >= 11 is 1.27. The Balaban J connectivity index is 1.47. The van der Waals surface area contributed by atoms with E-state index in [0.29, 0.717) is 16.7 Å². The van der Waals surface area contributed by atoms with Gasteiger partial charge in [0.15, 0.2) is 11.0 Å². The van der Waals surface area contributed by atoms with Crippen molar-refractivity contribution >= 4 is 17.7 Å². The molecule has 0 radical (unpaired) electrons. The Morgan fingerprint density at radius 2 is 1.89 bits per heavy atom. The molecule has 0 saturated heterocycles. The summed E-state index contributed by atoms with van der Waals surface area (Å²) in [5.41, 5.74) is 4.54. The van der Waals surface area contributed by atoms with E-state index in [4.69, 9.17) is 0 Å². The Morgan fingerprint density at radius 3 is 2.57 bits per heavy atom. The quantitative estimate of drug-likeness (QED) is 0.331. The van der Waals surface area contributed by atoms with Crippen LogP contribution in [0.15, 0.2) is 72.0 Å². The van der Waals surface area contributed by atoms with Crippen LogP contribution in [0.25, 0.3) is 17.2 Å². The van der Waals surface area contributed by atoms with Crippen LogP contribution in [0.4, 0.5) is 8.78 Å². The van der Waals surface area contributed by atoms with Crippen LogP contribution in [-0.2, 0) is 11.3 Å². The molecule has 2 aromatic carbocycles. The van der Waals surface area contributed by atoms with E-state index in [1.165, 1.54) is 23.9 Å². The summed E-state index contributed by atoms with van der Waals surface area (Å²) in [5, 5.41) is 12.1. The Labute approximate surface area is 205 Å². The van der Waals surface area contributed by atoms with Gasteiger partial charge in [0.1, 0.15) is 11.4 Å². The minimum absolute atomic E-state index is 0.0695. The van der Waals surface area contributed by atoms with E-state index in [2.05, 4.69) is 31.3 Å². The first-order valence-electron chi connectivity index (χ1n) is 10.8. The summed E-state index contributed by atoms with van der Waals surface area (Å²) in [6, 6.07) is 17.8. The van der Waals surface area contributed by atoms with E-state index in [9.17, 15) is 13.6 Å². The van der Waals surface area contributed by atoms with E-state index < -0.39 is 6.61 Å². The van der Waals surface area contributed by atoms with Crippen molar-refractivity contribution in [2.24, 2.45) is 0 Å². The predicted octanol–water partition coefficient (Wildman–Crippen LogP) is 4.96. The van der Waals surface area contributed by atoms with Gasteiger partial charge in [0.2, 0.25) is 5.91 Å². The van der Waals surface area contributed by atoms with Crippen molar-refractivity contribution in [2.75, 3.05) is 5.75 Å². The van der Waals surface area contributed by atoms with Gasteiger partial charge in [-0.3, -0.25) is 14.3 Å². The topological polar surface area (TPSA) is 81.9 Å². The van der Waals surface area contributed by atoms with Crippen LogP contribution >= 0.6 is 11.8 Å². The van der Waals surface area contributed by atoms with Gasteiger partial charge in [-0.15, -0.1) is 10.2 Å². The molecule has 10 heteroatoms.